The van der Waals surface area contributed by atoms with E-state index in [2.05, 4.69) is 11.8 Å². The number of nitrogens with zero attached hydrogens (tertiary/aromatic N) is 2. The molecule has 1 aromatic carbocycles. The molecule has 0 spiro atoms. The van der Waals surface area contributed by atoms with E-state index in [1.807, 2.05) is 0 Å². The molecule has 0 N–H and O–H groups in total. The molecule has 0 radical (unpaired) electrons. The van der Waals surface area contributed by atoms with Gasteiger partial charge in [-0.1, -0.05) is 13.0 Å². The van der Waals surface area contributed by atoms with Gasteiger partial charge in [-0.15, -0.1) is 12.4 Å². The first kappa shape index (κ1) is 17.7. The molecule has 1 aliphatic heterocycles. The fourth-order valence-electron chi connectivity index (χ4n) is 2.45. The van der Waals surface area contributed by atoms with Crippen LogP contribution in [0.2, 0.25) is 0 Å². The molecule has 1 fully saturated rings. The molecule has 118 valence electrons. The standard InChI is InChI=1S/C15H22N2O3.ClH/c1-13-6-9-16(10-7-13)8-3-11-20-15-5-2-4-14(12-15)17(18)19;/h2,4-5,12-13H,3,6-11H2,1H3;1H. The maximum atomic E-state index is 10.7. The predicted octanol–water partition coefficient (Wildman–Crippen LogP) is 3.52. The first-order chi connectivity index (χ1) is 9.65. The molecule has 5 nitrogen and oxygen atoms in total. The topological polar surface area (TPSA) is 55.6 Å². The summed E-state index contributed by atoms with van der Waals surface area (Å²) in [6, 6.07) is 6.36. The third-order valence-corrected chi connectivity index (χ3v) is 3.79. The fraction of sp³-hybridized carbons (Fsp3) is 0.600. The summed E-state index contributed by atoms with van der Waals surface area (Å²) in [5, 5.41) is 10.7. The van der Waals surface area contributed by atoms with E-state index in [0.717, 1.165) is 18.9 Å². The Morgan fingerprint density at radius 3 is 2.76 bits per heavy atom. The third-order valence-electron chi connectivity index (χ3n) is 3.79. The largest absolute Gasteiger partial charge is 0.493 e. The van der Waals surface area contributed by atoms with E-state index in [1.54, 1.807) is 12.1 Å². The van der Waals surface area contributed by atoms with Gasteiger partial charge in [0.1, 0.15) is 5.75 Å². The van der Waals surface area contributed by atoms with E-state index in [-0.39, 0.29) is 18.1 Å². The van der Waals surface area contributed by atoms with Crippen molar-refractivity contribution in [2.45, 2.75) is 26.2 Å². The predicted molar refractivity (Wildman–Crippen MR) is 85.3 cm³/mol. The summed E-state index contributed by atoms with van der Waals surface area (Å²) in [6.07, 6.45) is 3.52. The zero-order valence-corrected chi connectivity index (χ0v) is 13.2. The van der Waals surface area contributed by atoms with E-state index in [9.17, 15) is 10.1 Å². The van der Waals surface area contributed by atoms with Crippen molar-refractivity contribution in [2.24, 2.45) is 5.92 Å². The van der Waals surface area contributed by atoms with Gasteiger partial charge in [0.15, 0.2) is 0 Å². The van der Waals surface area contributed by atoms with E-state index < -0.39 is 4.92 Å². The quantitative estimate of drug-likeness (QED) is 0.458. The van der Waals surface area contributed by atoms with Gasteiger partial charge in [0, 0.05) is 12.6 Å². The van der Waals surface area contributed by atoms with Gasteiger partial charge in [-0.05, 0) is 44.3 Å². The molecule has 0 atom stereocenters. The summed E-state index contributed by atoms with van der Waals surface area (Å²) in [5.41, 5.74) is 0.0764. The highest BCUT2D eigenvalue weighted by atomic mass is 35.5. The van der Waals surface area contributed by atoms with Crippen molar-refractivity contribution < 1.29 is 9.66 Å². The molecule has 1 aromatic rings. The van der Waals surface area contributed by atoms with Crippen molar-refractivity contribution in [1.29, 1.82) is 0 Å². The molecular weight excluding hydrogens is 292 g/mol. The summed E-state index contributed by atoms with van der Waals surface area (Å²) >= 11 is 0. The lowest BCUT2D eigenvalue weighted by molar-refractivity contribution is -0.384. The fourth-order valence-corrected chi connectivity index (χ4v) is 2.45. The summed E-state index contributed by atoms with van der Waals surface area (Å²) in [7, 11) is 0. The molecule has 6 heteroatoms. The van der Waals surface area contributed by atoms with Crippen molar-refractivity contribution in [1.82, 2.24) is 4.90 Å². The molecule has 2 rings (SSSR count). The monoisotopic (exact) mass is 314 g/mol. The van der Waals surface area contributed by atoms with Gasteiger partial charge in [0.05, 0.1) is 17.6 Å². The molecule has 0 saturated carbocycles. The second-order valence-electron chi connectivity index (χ2n) is 5.48. The highest BCUT2D eigenvalue weighted by molar-refractivity contribution is 5.85. The van der Waals surface area contributed by atoms with E-state index >= 15 is 0 Å². The maximum Gasteiger partial charge on any atom is 0.273 e. The van der Waals surface area contributed by atoms with Crippen molar-refractivity contribution in [3.8, 4) is 5.75 Å². The van der Waals surface area contributed by atoms with Crippen LogP contribution in [-0.4, -0.2) is 36.1 Å². The van der Waals surface area contributed by atoms with Crippen LogP contribution in [0.15, 0.2) is 24.3 Å². The van der Waals surface area contributed by atoms with Crippen LogP contribution in [0.4, 0.5) is 5.69 Å². The number of rotatable bonds is 6. The number of likely N-dealkylation sites (tertiary alicyclic amines) is 1. The van der Waals surface area contributed by atoms with Crippen molar-refractivity contribution in [3.63, 3.8) is 0 Å². The first-order valence-corrected chi connectivity index (χ1v) is 7.25. The van der Waals surface area contributed by atoms with Crippen LogP contribution in [0.25, 0.3) is 0 Å². The van der Waals surface area contributed by atoms with Gasteiger partial charge in [-0.25, -0.2) is 0 Å². The Balaban J connectivity index is 0.00000220. The Bertz CT molecular complexity index is 448. The number of halogens is 1. The number of hydrogen-bond donors (Lipinski definition) is 0. The SMILES string of the molecule is CC1CCN(CCCOc2cccc([N+](=O)[O-])c2)CC1.Cl. The van der Waals surface area contributed by atoms with E-state index in [0.29, 0.717) is 12.4 Å². The second kappa shape index (κ2) is 8.85. The summed E-state index contributed by atoms with van der Waals surface area (Å²) in [5.74, 6) is 1.43. The smallest absolute Gasteiger partial charge is 0.273 e. The van der Waals surface area contributed by atoms with Gasteiger partial charge in [-0.2, -0.15) is 0 Å². The van der Waals surface area contributed by atoms with Crippen LogP contribution < -0.4 is 4.74 Å². The van der Waals surface area contributed by atoms with Crippen LogP contribution in [0, 0.1) is 16.0 Å². The molecular formula is C15H23ClN2O3. The lowest BCUT2D eigenvalue weighted by atomic mass is 9.99. The van der Waals surface area contributed by atoms with Crippen LogP contribution in [0.3, 0.4) is 0 Å². The molecule has 0 bridgehead atoms. The normalized spacial score (nSPS) is 16.2. The molecule has 1 saturated heterocycles. The first-order valence-electron chi connectivity index (χ1n) is 7.25. The van der Waals surface area contributed by atoms with Gasteiger partial charge in [0.25, 0.3) is 5.69 Å². The van der Waals surface area contributed by atoms with Gasteiger partial charge in [-0.3, -0.25) is 10.1 Å². The summed E-state index contributed by atoms with van der Waals surface area (Å²) < 4.78 is 5.58. The van der Waals surface area contributed by atoms with Crippen LogP contribution in [-0.2, 0) is 0 Å². The molecule has 0 amide bonds. The Morgan fingerprint density at radius 2 is 2.10 bits per heavy atom. The van der Waals surface area contributed by atoms with Crippen LogP contribution >= 0.6 is 12.4 Å². The average molecular weight is 315 g/mol. The Hall–Kier alpha value is -1.33. The van der Waals surface area contributed by atoms with Crippen molar-refractivity contribution in [3.05, 3.63) is 34.4 Å². The minimum absolute atomic E-state index is 0. The number of non-ortho nitro benzene ring substituents is 1. The van der Waals surface area contributed by atoms with Crippen LogP contribution in [0.1, 0.15) is 26.2 Å². The number of piperidine rings is 1. The minimum atomic E-state index is -0.401. The van der Waals surface area contributed by atoms with E-state index in [4.69, 9.17) is 4.74 Å². The van der Waals surface area contributed by atoms with Crippen molar-refractivity contribution >= 4 is 18.1 Å². The third kappa shape index (κ3) is 5.89. The lowest BCUT2D eigenvalue weighted by Gasteiger charge is -2.30. The number of hydrogen-bond acceptors (Lipinski definition) is 4. The molecule has 1 heterocycles. The second-order valence-corrected chi connectivity index (χ2v) is 5.48. The highest BCUT2D eigenvalue weighted by Crippen LogP contribution is 2.19. The summed E-state index contributed by atoms with van der Waals surface area (Å²) in [6.45, 7) is 6.31. The minimum Gasteiger partial charge on any atom is -0.493 e. The van der Waals surface area contributed by atoms with Crippen molar-refractivity contribution in [2.75, 3.05) is 26.2 Å². The molecule has 21 heavy (non-hydrogen) atoms. The molecule has 1 aliphatic rings. The maximum absolute atomic E-state index is 10.7. The Morgan fingerprint density at radius 1 is 1.38 bits per heavy atom. The average Bonchev–Trinajstić information content (AvgIpc) is 2.46. The number of nitro groups is 1. The zero-order chi connectivity index (χ0) is 14.4. The molecule has 0 aliphatic carbocycles. The lowest BCUT2D eigenvalue weighted by Crippen LogP contribution is -2.34. The Labute approximate surface area is 131 Å². The molecule has 0 unspecified atom stereocenters. The number of nitro benzene ring substituents is 1. The van der Waals surface area contributed by atoms with Crippen LogP contribution in [0.5, 0.6) is 5.75 Å². The van der Waals surface area contributed by atoms with Gasteiger partial charge >= 0.3 is 0 Å². The van der Waals surface area contributed by atoms with Gasteiger partial charge in [0.2, 0.25) is 0 Å². The Kier molecular flexibility index (Phi) is 7.47. The van der Waals surface area contributed by atoms with E-state index in [1.165, 1.54) is 38.1 Å². The number of benzene rings is 1. The number of ether oxygens (including phenoxy) is 1. The molecule has 0 aromatic heterocycles. The van der Waals surface area contributed by atoms with Gasteiger partial charge < -0.3 is 9.64 Å². The highest BCUT2D eigenvalue weighted by Gasteiger charge is 2.14. The zero-order valence-electron chi connectivity index (χ0n) is 12.4. The summed E-state index contributed by atoms with van der Waals surface area (Å²) in [4.78, 5) is 12.7.